The van der Waals surface area contributed by atoms with Crippen molar-refractivity contribution in [1.29, 1.82) is 0 Å². The molecule has 27 heavy (non-hydrogen) atoms. The Hall–Kier alpha value is -3.20. The summed E-state index contributed by atoms with van der Waals surface area (Å²) in [6, 6.07) is 14.2. The van der Waals surface area contributed by atoms with Crippen molar-refractivity contribution in [2.45, 2.75) is 13.0 Å². The first-order valence-corrected chi connectivity index (χ1v) is 9.93. The molecule has 0 unspecified atom stereocenters. The molecule has 0 aliphatic rings. The van der Waals surface area contributed by atoms with Crippen LogP contribution in [0.25, 0.3) is 10.9 Å². The van der Waals surface area contributed by atoms with E-state index < -0.39 is 22.0 Å². The number of H-pyrrole nitrogens is 1. The number of aromatic hydroxyl groups is 1. The second-order valence-corrected chi connectivity index (χ2v) is 7.84. The van der Waals surface area contributed by atoms with Gasteiger partial charge in [0.2, 0.25) is 15.9 Å². The number of sulfonamides is 1. The van der Waals surface area contributed by atoms with Gasteiger partial charge in [-0.15, -0.1) is 10.2 Å². The average Bonchev–Trinajstić information content (AvgIpc) is 2.94. The Morgan fingerprint density at radius 2 is 1.74 bits per heavy atom. The fourth-order valence-corrected chi connectivity index (χ4v) is 3.94. The van der Waals surface area contributed by atoms with Crippen LogP contribution in [0.4, 0.5) is 11.4 Å². The quantitative estimate of drug-likeness (QED) is 0.654. The smallest absolute Gasteiger partial charge is 0.287 e. The first kappa shape index (κ1) is 18.6. The van der Waals surface area contributed by atoms with Crippen molar-refractivity contribution in [3.05, 3.63) is 54.6 Å². The van der Waals surface area contributed by atoms with Crippen LogP contribution in [0.1, 0.15) is 6.92 Å². The molecule has 1 atom stereocenters. The standard InChI is InChI=1S/C18H18N4O4S/c1-12(22(27(2,25)26)13-8-4-3-5-9-13)17(23)21-20-16-14-10-6-7-11-15(14)19-18(16)24/h3-12,19,24H,1-2H3/t12-/m0/s1. The molecule has 8 nitrogen and oxygen atoms in total. The highest BCUT2D eigenvalue weighted by Crippen LogP contribution is 2.35. The van der Waals surface area contributed by atoms with Crippen molar-refractivity contribution in [2.24, 2.45) is 10.2 Å². The number of aromatic amines is 1. The summed E-state index contributed by atoms with van der Waals surface area (Å²) in [7, 11) is -3.72. The predicted octanol–water partition coefficient (Wildman–Crippen LogP) is 3.34. The fourth-order valence-electron chi connectivity index (χ4n) is 2.77. The molecule has 0 aliphatic heterocycles. The van der Waals surface area contributed by atoms with Crippen molar-refractivity contribution in [3.8, 4) is 5.88 Å². The van der Waals surface area contributed by atoms with E-state index in [1.165, 1.54) is 6.92 Å². The van der Waals surface area contributed by atoms with E-state index in [0.717, 1.165) is 10.6 Å². The van der Waals surface area contributed by atoms with Gasteiger partial charge in [0.15, 0.2) is 5.69 Å². The molecule has 2 N–H and O–H groups in total. The summed E-state index contributed by atoms with van der Waals surface area (Å²) >= 11 is 0. The van der Waals surface area contributed by atoms with Gasteiger partial charge in [0, 0.05) is 5.39 Å². The molecule has 1 aromatic heterocycles. The number of azo groups is 1. The summed E-state index contributed by atoms with van der Waals surface area (Å²) in [5.74, 6) is -0.975. The van der Waals surface area contributed by atoms with Crippen molar-refractivity contribution >= 4 is 38.2 Å². The lowest BCUT2D eigenvalue weighted by molar-refractivity contribution is -0.119. The first-order valence-electron chi connectivity index (χ1n) is 8.08. The van der Waals surface area contributed by atoms with Gasteiger partial charge in [-0.2, -0.15) is 0 Å². The molecule has 0 spiro atoms. The number of benzene rings is 2. The molecule has 140 valence electrons. The molecular formula is C18H18N4O4S. The van der Waals surface area contributed by atoms with Crippen LogP contribution in [0.5, 0.6) is 5.88 Å². The third-order valence-corrected chi connectivity index (χ3v) is 5.23. The zero-order valence-corrected chi connectivity index (χ0v) is 15.5. The zero-order chi connectivity index (χ0) is 19.6. The maximum absolute atomic E-state index is 12.5. The van der Waals surface area contributed by atoms with Crippen LogP contribution >= 0.6 is 0 Å². The van der Waals surface area contributed by atoms with Gasteiger partial charge >= 0.3 is 0 Å². The highest BCUT2D eigenvalue weighted by Gasteiger charge is 2.29. The number of nitrogens with zero attached hydrogens (tertiary/aromatic N) is 3. The monoisotopic (exact) mass is 386 g/mol. The minimum absolute atomic E-state index is 0.122. The summed E-state index contributed by atoms with van der Waals surface area (Å²) in [6.07, 6.45) is 1.02. The summed E-state index contributed by atoms with van der Waals surface area (Å²) in [5.41, 5.74) is 1.12. The predicted molar refractivity (Wildman–Crippen MR) is 103 cm³/mol. The fraction of sp³-hybridized carbons (Fsp3) is 0.167. The maximum atomic E-state index is 12.5. The van der Waals surface area contributed by atoms with Gasteiger partial charge in [0.05, 0.1) is 17.5 Å². The van der Waals surface area contributed by atoms with Crippen molar-refractivity contribution in [1.82, 2.24) is 4.98 Å². The van der Waals surface area contributed by atoms with Crippen LogP contribution in [0.2, 0.25) is 0 Å². The summed E-state index contributed by atoms with van der Waals surface area (Å²) in [5, 5.41) is 18.1. The van der Waals surface area contributed by atoms with Crippen molar-refractivity contribution < 1.29 is 18.3 Å². The minimum Gasteiger partial charge on any atom is -0.493 e. The molecule has 0 saturated carbocycles. The van der Waals surface area contributed by atoms with Gasteiger partial charge in [0.1, 0.15) is 6.04 Å². The Bertz CT molecular complexity index is 1110. The number of anilines is 1. The van der Waals surface area contributed by atoms with Gasteiger partial charge in [-0.05, 0) is 25.1 Å². The summed E-state index contributed by atoms with van der Waals surface area (Å²) in [6.45, 7) is 1.44. The van der Waals surface area contributed by atoms with Gasteiger partial charge in [-0.1, -0.05) is 36.4 Å². The molecule has 3 rings (SSSR count). The lowest BCUT2D eigenvalue weighted by Crippen LogP contribution is -2.42. The van der Waals surface area contributed by atoms with Crippen LogP contribution in [0, 0.1) is 0 Å². The minimum atomic E-state index is -3.72. The summed E-state index contributed by atoms with van der Waals surface area (Å²) < 4.78 is 25.4. The highest BCUT2D eigenvalue weighted by molar-refractivity contribution is 7.92. The largest absolute Gasteiger partial charge is 0.493 e. The Morgan fingerprint density at radius 3 is 2.41 bits per heavy atom. The molecular weight excluding hydrogens is 368 g/mol. The molecule has 9 heteroatoms. The van der Waals surface area contributed by atoms with Gasteiger partial charge in [0.25, 0.3) is 5.91 Å². The molecule has 2 aromatic carbocycles. The van der Waals surface area contributed by atoms with E-state index in [0.29, 0.717) is 16.6 Å². The number of hydrogen-bond donors (Lipinski definition) is 2. The second kappa shape index (κ2) is 7.20. The lowest BCUT2D eigenvalue weighted by atomic mass is 10.2. The second-order valence-electron chi connectivity index (χ2n) is 5.98. The number of carbonyl (C=O) groups is 1. The third-order valence-electron chi connectivity index (χ3n) is 3.99. The van der Waals surface area contributed by atoms with Crippen molar-refractivity contribution in [2.75, 3.05) is 10.6 Å². The lowest BCUT2D eigenvalue weighted by Gasteiger charge is -2.26. The van der Waals surface area contributed by atoms with Crippen LogP contribution in [-0.4, -0.2) is 36.7 Å². The Balaban J connectivity index is 1.92. The SMILES string of the molecule is C[C@@H](C(=O)N=Nc1c(O)[nH]c2ccccc12)N(c1ccccc1)S(C)(=O)=O. The van der Waals surface area contributed by atoms with Crippen LogP contribution in [0.15, 0.2) is 64.8 Å². The number of fused-ring (bicyclic) bond motifs is 1. The van der Waals surface area contributed by atoms with E-state index in [9.17, 15) is 18.3 Å². The first-order chi connectivity index (χ1) is 12.8. The molecule has 0 fully saturated rings. The number of rotatable bonds is 5. The normalized spacial score (nSPS) is 13.1. The number of amides is 1. The van der Waals surface area contributed by atoms with Gasteiger partial charge in [-0.25, -0.2) is 8.42 Å². The zero-order valence-electron chi connectivity index (χ0n) is 14.7. The number of nitrogens with one attached hydrogen (secondary N) is 1. The van der Waals surface area contributed by atoms with Gasteiger partial charge < -0.3 is 10.1 Å². The topological polar surface area (TPSA) is 115 Å². The van der Waals surface area contributed by atoms with E-state index in [-0.39, 0.29) is 11.6 Å². The Labute approximate surface area is 156 Å². The number of aromatic nitrogens is 1. The molecule has 1 heterocycles. The number of hydrogen-bond acceptors (Lipinski definition) is 5. The molecule has 0 radical (unpaired) electrons. The van der Waals surface area contributed by atoms with E-state index >= 15 is 0 Å². The van der Waals surface area contributed by atoms with E-state index in [1.54, 1.807) is 54.6 Å². The molecule has 0 saturated heterocycles. The molecule has 0 bridgehead atoms. The molecule has 1 amide bonds. The van der Waals surface area contributed by atoms with E-state index in [4.69, 9.17) is 0 Å². The number of carbonyl (C=O) groups excluding carboxylic acids is 1. The third kappa shape index (κ3) is 3.82. The highest BCUT2D eigenvalue weighted by atomic mass is 32.2. The Kier molecular flexibility index (Phi) is 4.95. The molecule has 3 aromatic rings. The molecule has 0 aliphatic carbocycles. The van der Waals surface area contributed by atoms with Crippen molar-refractivity contribution in [3.63, 3.8) is 0 Å². The maximum Gasteiger partial charge on any atom is 0.287 e. The summed E-state index contributed by atoms with van der Waals surface area (Å²) in [4.78, 5) is 15.2. The Morgan fingerprint density at radius 1 is 1.11 bits per heavy atom. The van der Waals surface area contributed by atoms with Crippen LogP contribution < -0.4 is 4.31 Å². The van der Waals surface area contributed by atoms with Crippen LogP contribution in [0.3, 0.4) is 0 Å². The average molecular weight is 386 g/mol. The van der Waals surface area contributed by atoms with Gasteiger partial charge in [-0.3, -0.25) is 9.10 Å². The van der Waals surface area contributed by atoms with Crippen LogP contribution in [-0.2, 0) is 14.8 Å². The van der Waals surface area contributed by atoms with E-state index in [1.807, 2.05) is 0 Å². The number of para-hydroxylation sites is 2. The van der Waals surface area contributed by atoms with E-state index in [2.05, 4.69) is 15.2 Å².